The summed E-state index contributed by atoms with van der Waals surface area (Å²) in [5.41, 5.74) is 0.990. The quantitative estimate of drug-likeness (QED) is 0.700. The van der Waals surface area contributed by atoms with Gasteiger partial charge in [-0.2, -0.15) is 0 Å². The number of rotatable bonds is 7. The van der Waals surface area contributed by atoms with E-state index in [-0.39, 0.29) is 18.3 Å². The second kappa shape index (κ2) is 9.16. The van der Waals surface area contributed by atoms with E-state index in [1.54, 1.807) is 23.1 Å². The van der Waals surface area contributed by atoms with Crippen molar-refractivity contribution in [1.29, 1.82) is 0 Å². The number of likely N-dealkylation sites (tertiary alicyclic amines) is 1. The lowest BCUT2D eigenvalue weighted by Crippen LogP contribution is -2.45. The third kappa shape index (κ3) is 4.85. The van der Waals surface area contributed by atoms with Gasteiger partial charge in [-0.05, 0) is 63.2 Å². The first-order valence-corrected chi connectivity index (χ1v) is 10.7. The maximum absolute atomic E-state index is 13.2. The summed E-state index contributed by atoms with van der Waals surface area (Å²) in [5, 5.41) is 8.88. The molecule has 1 N–H and O–H groups in total. The van der Waals surface area contributed by atoms with Crippen molar-refractivity contribution >= 4 is 17.7 Å². The van der Waals surface area contributed by atoms with Crippen molar-refractivity contribution in [3.05, 3.63) is 59.9 Å². The average molecular weight is 442 g/mol. The third-order valence-corrected chi connectivity index (χ3v) is 6.32. The van der Waals surface area contributed by atoms with Crippen LogP contribution in [0.15, 0.2) is 48.5 Å². The molecule has 2 aromatic rings. The monoisotopic (exact) mass is 442 g/mol. The van der Waals surface area contributed by atoms with Crippen LogP contribution in [0, 0.1) is 11.7 Å². The summed E-state index contributed by atoms with van der Waals surface area (Å²) >= 11 is 0. The maximum atomic E-state index is 13.2. The van der Waals surface area contributed by atoms with Gasteiger partial charge in [-0.1, -0.05) is 18.2 Å². The summed E-state index contributed by atoms with van der Waals surface area (Å²) < 4.78 is 24.5. The minimum absolute atomic E-state index is 0.214. The number of amides is 1. The molecule has 2 saturated heterocycles. The fourth-order valence-electron chi connectivity index (χ4n) is 4.55. The largest absolute Gasteiger partial charge is 0.482 e. The van der Waals surface area contributed by atoms with Crippen LogP contribution in [0.2, 0.25) is 0 Å². The highest BCUT2D eigenvalue weighted by Gasteiger charge is 2.48. The number of para-hydroxylation sites is 1. The lowest BCUT2D eigenvalue weighted by atomic mass is 9.81. The number of piperidine rings is 1. The molecular formula is C24H27FN2O5. The van der Waals surface area contributed by atoms with Gasteiger partial charge in [0.15, 0.2) is 6.61 Å². The highest BCUT2D eigenvalue weighted by Crippen LogP contribution is 2.38. The molecule has 0 aromatic heterocycles. The predicted octanol–water partition coefficient (Wildman–Crippen LogP) is 3.92. The van der Waals surface area contributed by atoms with E-state index in [0.29, 0.717) is 24.5 Å². The molecule has 2 fully saturated rings. The van der Waals surface area contributed by atoms with Crippen LogP contribution in [-0.4, -0.2) is 53.9 Å². The molecule has 2 aromatic carbocycles. The third-order valence-electron chi connectivity index (χ3n) is 6.32. The Labute approximate surface area is 186 Å². The molecule has 0 radical (unpaired) electrons. The Morgan fingerprint density at radius 2 is 1.88 bits per heavy atom. The zero-order valence-corrected chi connectivity index (χ0v) is 18.0. The fraction of sp³-hybridized carbons (Fsp3) is 0.417. The van der Waals surface area contributed by atoms with E-state index >= 15 is 0 Å². The molecule has 0 spiro atoms. The van der Waals surface area contributed by atoms with Gasteiger partial charge in [0.2, 0.25) is 0 Å². The van der Waals surface area contributed by atoms with Crippen molar-refractivity contribution < 1.29 is 28.6 Å². The first-order chi connectivity index (χ1) is 15.3. The fourth-order valence-corrected chi connectivity index (χ4v) is 4.55. The number of hydrogen-bond donors (Lipinski definition) is 1. The summed E-state index contributed by atoms with van der Waals surface area (Å²) in [6.07, 6.45) is 1.35. The normalized spacial score (nSPS) is 22.1. The van der Waals surface area contributed by atoms with Crippen LogP contribution in [-0.2, 0) is 16.1 Å². The molecule has 2 aliphatic rings. The summed E-state index contributed by atoms with van der Waals surface area (Å²) in [6, 6.07) is 13.3. The van der Waals surface area contributed by atoms with Crippen molar-refractivity contribution in [2.75, 3.05) is 31.1 Å². The van der Waals surface area contributed by atoms with E-state index in [1.165, 1.54) is 12.1 Å². The number of carboxylic acids is 1. The average Bonchev–Trinajstić information content (AvgIpc) is 3.09. The van der Waals surface area contributed by atoms with Gasteiger partial charge in [0.05, 0.1) is 6.54 Å². The van der Waals surface area contributed by atoms with E-state index < -0.39 is 17.7 Å². The van der Waals surface area contributed by atoms with Crippen LogP contribution in [0.5, 0.6) is 5.75 Å². The molecule has 2 aliphatic heterocycles. The number of ether oxygens (including phenoxy) is 2. The van der Waals surface area contributed by atoms with E-state index in [1.807, 2.05) is 25.1 Å². The van der Waals surface area contributed by atoms with Gasteiger partial charge in [-0.25, -0.2) is 14.0 Å². The van der Waals surface area contributed by atoms with Gasteiger partial charge in [-0.15, -0.1) is 0 Å². The zero-order chi connectivity index (χ0) is 22.7. The summed E-state index contributed by atoms with van der Waals surface area (Å²) in [7, 11) is 0. The molecule has 2 heterocycles. The van der Waals surface area contributed by atoms with E-state index in [2.05, 4.69) is 4.90 Å². The van der Waals surface area contributed by atoms with Gasteiger partial charge in [-0.3, -0.25) is 9.80 Å². The molecule has 8 heteroatoms. The SMILES string of the molecule is C[C@@]1(C2CCN(Cc3ccccc3OCC(=O)O)CC2)CN(c2ccc(F)cc2)C(=O)O1. The smallest absolute Gasteiger partial charge is 0.415 e. The lowest BCUT2D eigenvalue weighted by molar-refractivity contribution is -0.139. The molecule has 170 valence electrons. The summed E-state index contributed by atoms with van der Waals surface area (Å²) in [5.74, 6) is -0.545. The molecule has 0 bridgehead atoms. The number of benzene rings is 2. The number of carbonyl (C=O) groups excluding carboxylic acids is 1. The summed E-state index contributed by atoms with van der Waals surface area (Å²) in [4.78, 5) is 27.2. The number of anilines is 1. The van der Waals surface area contributed by atoms with E-state index in [9.17, 15) is 14.0 Å². The number of nitrogens with zero attached hydrogens (tertiary/aromatic N) is 2. The van der Waals surface area contributed by atoms with Gasteiger partial charge >= 0.3 is 12.1 Å². The van der Waals surface area contributed by atoms with Crippen molar-refractivity contribution in [2.24, 2.45) is 5.92 Å². The van der Waals surface area contributed by atoms with Gasteiger partial charge in [0.25, 0.3) is 0 Å². The van der Waals surface area contributed by atoms with Crippen LogP contribution in [0.3, 0.4) is 0 Å². The number of carbonyl (C=O) groups is 2. The number of hydrogen-bond acceptors (Lipinski definition) is 5. The number of aliphatic carboxylic acids is 1. The second-order valence-corrected chi connectivity index (χ2v) is 8.58. The van der Waals surface area contributed by atoms with Crippen LogP contribution >= 0.6 is 0 Å². The number of carboxylic acid groups (broad SMARTS) is 1. The molecule has 0 aliphatic carbocycles. The molecule has 4 rings (SSSR count). The standard InChI is InChI=1S/C24H27FN2O5/c1-24(16-27(23(30)32-24)20-8-6-19(25)7-9-20)18-10-12-26(13-11-18)14-17-4-2-3-5-21(17)31-15-22(28)29/h2-9,18H,10-16H2,1H3,(H,28,29)/t24-/m0/s1. The van der Waals surface area contributed by atoms with Gasteiger partial charge in [0, 0.05) is 23.7 Å². The van der Waals surface area contributed by atoms with Crippen molar-refractivity contribution in [1.82, 2.24) is 4.90 Å². The second-order valence-electron chi connectivity index (χ2n) is 8.58. The van der Waals surface area contributed by atoms with Crippen LogP contribution in [0.25, 0.3) is 0 Å². The Morgan fingerprint density at radius 3 is 2.56 bits per heavy atom. The minimum atomic E-state index is -1.00. The highest BCUT2D eigenvalue weighted by molar-refractivity contribution is 5.90. The lowest BCUT2D eigenvalue weighted by Gasteiger charge is -2.39. The maximum Gasteiger partial charge on any atom is 0.415 e. The first kappa shape index (κ1) is 22.1. The summed E-state index contributed by atoms with van der Waals surface area (Å²) in [6.45, 7) is 4.38. The van der Waals surface area contributed by atoms with Crippen LogP contribution in [0.4, 0.5) is 14.9 Å². The zero-order valence-electron chi connectivity index (χ0n) is 18.0. The molecular weight excluding hydrogens is 415 g/mol. The van der Waals surface area contributed by atoms with Gasteiger partial charge in [0.1, 0.15) is 17.2 Å². The van der Waals surface area contributed by atoms with Gasteiger partial charge < -0.3 is 14.6 Å². The molecule has 1 amide bonds. The Bertz CT molecular complexity index is 975. The van der Waals surface area contributed by atoms with Crippen LogP contribution < -0.4 is 9.64 Å². The molecule has 32 heavy (non-hydrogen) atoms. The Balaban J connectivity index is 1.35. The van der Waals surface area contributed by atoms with Crippen molar-refractivity contribution in [3.63, 3.8) is 0 Å². The topological polar surface area (TPSA) is 79.3 Å². The molecule has 0 saturated carbocycles. The highest BCUT2D eigenvalue weighted by atomic mass is 19.1. The number of halogens is 1. The molecule has 7 nitrogen and oxygen atoms in total. The van der Waals surface area contributed by atoms with E-state index in [0.717, 1.165) is 31.5 Å². The van der Waals surface area contributed by atoms with E-state index in [4.69, 9.17) is 14.6 Å². The van der Waals surface area contributed by atoms with Crippen molar-refractivity contribution in [3.8, 4) is 5.75 Å². The Hall–Kier alpha value is -3.13. The van der Waals surface area contributed by atoms with Crippen LogP contribution in [0.1, 0.15) is 25.3 Å². The van der Waals surface area contributed by atoms with Crippen molar-refractivity contribution in [2.45, 2.75) is 31.9 Å². The Morgan fingerprint density at radius 1 is 1.19 bits per heavy atom. The molecule has 1 atom stereocenters. The molecule has 0 unspecified atom stereocenters. The minimum Gasteiger partial charge on any atom is -0.482 e. The predicted molar refractivity (Wildman–Crippen MR) is 116 cm³/mol. The first-order valence-electron chi connectivity index (χ1n) is 10.7. The Kier molecular flexibility index (Phi) is 6.32. The number of cyclic esters (lactones) is 1.